The zero-order chi connectivity index (χ0) is 27.3. The fourth-order valence-corrected chi connectivity index (χ4v) is 4.22. The molecule has 0 bridgehead atoms. The van der Waals surface area contributed by atoms with Gasteiger partial charge in [-0.3, -0.25) is 0 Å². The number of hydrogen-bond acceptors (Lipinski definition) is 6. The lowest BCUT2D eigenvalue weighted by Crippen LogP contribution is -2.39. The molecule has 0 aliphatic carbocycles. The maximum atomic E-state index is 12.3. The van der Waals surface area contributed by atoms with Crippen LogP contribution in [0.2, 0.25) is 0 Å². The molecule has 3 aromatic rings. The molecule has 0 aromatic carbocycles. The van der Waals surface area contributed by atoms with Gasteiger partial charge in [0.25, 0.3) is 0 Å². The molecule has 1 N–H and O–H groups in total. The Hall–Kier alpha value is -3.55. The third-order valence-electron chi connectivity index (χ3n) is 6.05. The normalized spacial score (nSPS) is 12.1. The number of anilines is 2. The Morgan fingerprint density at radius 2 is 1.84 bits per heavy atom. The van der Waals surface area contributed by atoms with Gasteiger partial charge < -0.3 is 24.3 Å². The summed E-state index contributed by atoms with van der Waals surface area (Å²) in [5, 5.41) is 3.54. The number of fused-ring (bicyclic) bond motifs is 1. The van der Waals surface area contributed by atoms with Crippen LogP contribution in [0, 0.1) is 20.8 Å². The summed E-state index contributed by atoms with van der Waals surface area (Å²) in [6.07, 6.45) is 8.83. The molecule has 0 aliphatic heterocycles. The van der Waals surface area contributed by atoms with Crippen LogP contribution in [0.4, 0.5) is 16.3 Å². The first kappa shape index (κ1) is 28.0. The van der Waals surface area contributed by atoms with E-state index in [4.69, 9.17) is 9.72 Å². The first-order chi connectivity index (χ1) is 17.4. The summed E-state index contributed by atoms with van der Waals surface area (Å²) in [5.74, 6) is 0.794. The molecule has 0 saturated carbocycles. The Morgan fingerprint density at radius 1 is 1.11 bits per heavy atom. The van der Waals surface area contributed by atoms with Crippen molar-refractivity contribution < 1.29 is 9.53 Å². The second-order valence-corrected chi connectivity index (χ2v) is 10.5. The first-order valence-electron chi connectivity index (χ1n) is 13.0. The number of aromatic nitrogens is 3. The van der Waals surface area contributed by atoms with Crippen molar-refractivity contribution >= 4 is 28.9 Å². The molecule has 1 amide bonds. The smallest absolute Gasteiger partial charge is 0.410 e. The van der Waals surface area contributed by atoms with Gasteiger partial charge in [0.05, 0.1) is 17.6 Å². The van der Waals surface area contributed by atoms with Gasteiger partial charge in [-0.15, -0.1) is 0 Å². The van der Waals surface area contributed by atoms with Crippen LogP contribution in [0.5, 0.6) is 0 Å². The van der Waals surface area contributed by atoms with Gasteiger partial charge in [0.2, 0.25) is 0 Å². The van der Waals surface area contributed by atoms with E-state index in [9.17, 15) is 4.79 Å². The van der Waals surface area contributed by atoms with E-state index in [-0.39, 0.29) is 6.09 Å². The number of amides is 1. The van der Waals surface area contributed by atoms with Gasteiger partial charge >= 0.3 is 6.09 Å². The van der Waals surface area contributed by atoms with Crippen LogP contribution >= 0.6 is 0 Å². The predicted octanol–water partition coefficient (Wildman–Crippen LogP) is 6.21. The molecule has 200 valence electrons. The van der Waals surface area contributed by atoms with Crippen molar-refractivity contribution in [3.63, 3.8) is 0 Å². The number of allylic oxidation sites excluding steroid dienone is 1. The zero-order valence-electron chi connectivity index (χ0n) is 23.8. The monoisotopic (exact) mass is 506 g/mol. The Morgan fingerprint density at radius 3 is 2.46 bits per heavy atom. The number of ether oxygens (including phenoxy) is 1. The van der Waals surface area contributed by atoms with Crippen LogP contribution in [0.15, 0.2) is 36.8 Å². The highest BCUT2D eigenvalue weighted by atomic mass is 16.6. The largest absolute Gasteiger partial charge is 0.444 e. The molecule has 0 radical (unpaired) electrons. The molecular weight excluding hydrogens is 464 g/mol. The average molecular weight is 507 g/mol. The van der Waals surface area contributed by atoms with E-state index in [2.05, 4.69) is 71.7 Å². The Labute approximate surface area is 221 Å². The standard InChI is InChI=1S/C29H42N6O2/c1-10-12-24(23-15-21(4)27-31-22(5)18-35(27)19-23)32-26-16-20(3)25(17-30-26)34(11-2)14-13-33(9)28(36)37-29(6,7)8/h12,15-19H,10-11,13-14H2,1-9H3,(H,30,32)/b24-12-. The van der Waals surface area contributed by atoms with E-state index in [0.29, 0.717) is 13.1 Å². The lowest BCUT2D eigenvalue weighted by atomic mass is 10.1. The molecule has 3 heterocycles. The second kappa shape index (κ2) is 11.7. The van der Waals surface area contributed by atoms with Crippen LogP contribution in [0.25, 0.3) is 11.3 Å². The third kappa shape index (κ3) is 7.24. The van der Waals surface area contributed by atoms with Crippen molar-refractivity contribution in [3.05, 3.63) is 59.2 Å². The molecular formula is C29H42N6O2. The first-order valence-corrected chi connectivity index (χ1v) is 13.0. The van der Waals surface area contributed by atoms with Crippen LogP contribution in [-0.2, 0) is 4.74 Å². The highest BCUT2D eigenvalue weighted by molar-refractivity contribution is 5.77. The summed E-state index contributed by atoms with van der Waals surface area (Å²) in [7, 11) is 1.77. The molecule has 8 heteroatoms. The summed E-state index contributed by atoms with van der Waals surface area (Å²) in [6, 6.07) is 4.24. The number of likely N-dealkylation sites (N-methyl/N-ethyl adjacent to an activating group) is 2. The lowest BCUT2D eigenvalue weighted by molar-refractivity contribution is 0.0303. The number of nitrogens with zero attached hydrogens (tertiary/aromatic N) is 5. The number of carbonyl (C=O) groups excluding carboxylic acids is 1. The Bertz CT molecular complexity index is 1270. The SMILES string of the molecule is CC/C=C(\Nc1cc(C)c(N(CC)CCN(C)C(=O)OC(C)(C)C)cn1)c1cc(C)c2nc(C)cn2c1. The Balaban J connectivity index is 1.75. The average Bonchev–Trinajstić information content (AvgIpc) is 3.19. The van der Waals surface area contributed by atoms with Gasteiger partial charge in [-0.1, -0.05) is 13.0 Å². The Kier molecular flexibility index (Phi) is 8.84. The fraction of sp³-hybridized carbons (Fsp3) is 0.483. The molecule has 0 unspecified atom stereocenters. The predicted molar refractivity (Wildman–Crippen MR) is 152 cm³/mol. The fourth-order valence-electron chi connectivity index (χ4n) is 4.22. The second-order valence-electron chi connectivity index (χ2n) is 10.5. The summed E-state index contributed by atoms with van der Waals surface area (Å²) in [4.78, 5) is 25.5. The van der Waals surface area contributed by atoms with Crippen molar-refractivity contribution in [3.8, 4) is 0 Å². The topological polar surface area (TPSA) is 75.0 Å². The van der Waals surface area contributed by atoms with E-state index in [1.807, 2.05) is 40.1 Å². The van der Waals surface area contributed by atoms with Gasteiger partial charge in [0, 0.05) is 50.3 Å². The van der Waals surface area contributed by atoms with Gasteiger partial charge in [0.15, 0.2) is 0 Å². The van der Waals surface area contributed by atoms with E-state index in [1.54, 1.807) is 11.9 Å². The van der Waals surface area contributed by atoms with Crippen LogP contribution in [-0.4, -0.2) is 57.6 Å². The number of aryl methyl sites for hydroxylation is 3. The lowest BCUT2D eigenvalue weighted by Gasteiger charge is -2.29. The molecule has 0 aliphatic rings. The van der Waals surface area contributed by atoms with E-state index in [0.717, 1.165) is 58.2 Å². The highest BCUT2D eigenvalue weighted by Crippen LogP contribution is 2.25. The van der Waals surface area contributed by atoms with Crippen LogP contribution < -0.4 is 10.2 Å². The van der Waals surface area contributed by atoms with E-state index >= 15 is 0 Å². The van der Waals surface area contributed by atoms with Gasteiger partial charge in [0.1, 0.15) is 17.1 Å². The zero-order valence-corrected chi connectivity index (χ0v) is 23.8. The molecule has 3 aromatic heterocycles. The van der Waals surface area contributed by atoms with Crippen molar-refractivity contribution in [1.29, 1.82) is 0 Å². The highest BCUT2D eigenvalue weighted by Gasteiger charge is 2.20. The quantitative estimate of drug-likeness (QED) is 0.372. The number of nitrogens with one attached hydrogen (secondary N) is 1. The van der Waals surface area contributed by atoms with Crippen LogP contribution in [0.1, 0.15) is 63.4 Å². The van der Waals surface area contributed by atoms with Crippen molar-refractivity contribution in [2.45, 2.75) is 67.4 Å². The minimum atomic E-state index is -0.508. The molecule has 3 rings (SSSR count). The number of hydrogen-bond donors (Lipinski definition) is 1. The molecule has 0 fully saturated rings. The number of pyridine rings is 2. The summed E-state index contributed by atoms with van der Waals surface area (Å²) in [6.45, 7) is 18.1. The number of imidazole rings is 1. The molecule has 0 atom stereocenters. The van der Waals surface area contributed by atoms with Crippen LogP contribution in [0.3, 0.4) is 0 Å². The van der Waals surface area contributed by atoms with Crippen molar-refractivity contribution in [1.82, 2.24) is 19.3 Å². The van der Waals surface area contributed by atoms with Crippen molar-refractivity contribution in [2.75, 3.05) is 36.9 Å². The maximum Gasteiger partial charge on any atom is 0.410 e. The van der Waals surface area contributed by atoms with Gasteiger partial charge in [-0.2, -0.15) is 0 Å². The molecule has 0 saturated heterocycles. The van der Waals surface area contributed by atoms with E-state index < -0.39 is 5.60 Å². The minimum Gasteiger partial charge on any atom is -0.444 e. The molecule has 37 heavy (non-hydrogen) atoms. The molecule has 8 nitrogen and oxygen atoms in total. The van der Waals surface area contributed by atoms with Gasteiger partial charge in [-0.05, 0) is 78.1 Å². The summed E-state index contributed by atoms with van der Waals surface area (Å²) < 4.78 is 7.56. The number of rotatable bonds is 9. The minimum absolute atomic E-state index is 0.313. The van der Waals surface area contributed by atoms with Gasteiger partial charge in [-0.25, -0.2) is 14.8 Å². The van der Waals surface area contributed by atoms with Crippen molar-refractivity contribution in [2.24, 2.45) is 0 Å². The molecule has 0 spiro atoms. The van der Waals surface area contributed by atoms with E-state index in [1.165, 1.54) is 0 Å². The summed E-state index contributed by atoms with van der Waals surface area (Å²) >= 11 is 0. The maximum absolute atomic E-state index is 12.3. The third-order valence-corrected chi connectivity index (χ3v) is 6.05. The summed E-state index contributed by atoms with van der Waals surface area (Å²) in [5.41, 5.74) is 6.88. The number of carbonyl (C=O) groups is 1.